The van der Waals surface area contributed by atoms with E-state index < -0.39 is 6.10 Å². The first kappa shape index (κ1) is 64.0. The van der Waals surface area contributed by atoms with Gasteiger partial charge in [-0.1, -0.05) is 230 Å². The largest absolute Gasteiger partial charge is 0.462 e. The minimum atomic E-state index is -0.836. The molecule has 0 aromatic heterocycles. The second kappa shape index (κ2) is 55.6. The van der Waals surface area contributed by atoms with Gasteiger partial charge in [0.05, 0.1) is 0 Å². The van der Waals surface area contributed by atoms with Crippen LogP contribution < -0.4 is 0 Å². The number of rotatable bonds is 46. The first-order valence-corrected chi connectivity index (χ1v) is 27.1. The molecular weight excluding hydrogens is 853 g/mol. The lowest BCUT2D eigenvalue weighted by molar-refractivity contribution is -0.167. The molecule has 0 aliphatic heterocycles. The molecule has 0 amide bonds. The fourth-order valence-corrected chi connectivity index (χ4v) is 6.69. The van der Waals surface area contributed by atoms with Crippen molar-refractivity contribution >= 4 is 17.9 Å². The van der Waals surface area contributed by atoms with Crippen molar-refractivity contribution < 1.29 is 28.6 Å². The summed E-state index contributed by atoms with van der Waals surface area (Å²) in [7, 11) is 0. The highest BCUT2D eigenvalue weighted by Gasteiger charge is 2.19. The molecule has 69 heavy (non-hydrogen) atoms. The monoisotopic (exact) mass is 949 g/mol. The molecule has 384 valence electrons. The number of carbonyl (C=O) groups is 3. The van der Waals surface area contributed by atoms with Gasteiger partial charge in [0, 0.05) is 19.3 Å². The molecule has 0 N–H and O–H groups in total. The molecule has 0 saturated heterocycles. The normalized spacial score (nSPS) is 13.4. The Kier molecular flexibility index (Phi) is 51.6. The lowest BCUT2D eigenvalue weighted by Crippen LogP contribution is -2.30. The van der Waals surface area contributed by atoms with Crippen molar-refractivity contribution in [1.82, 2.24) is 0 Å². The topological polar surface area (TPSA) is 78.9 Å². The van der Waals surface area contributed by atoms with Crippen LogP contribution in [-0.4, -0.2) is 37.2 Å². The Hall–Kier alpha value is -4.97. The summed E-state index contributed by atoms with van der Waals surface area (Å²) in [6.45, 7) is 6.16. The van der Waals surface area contributed by atoms with Gasteiger partial charge >= 0.3 is 17.9 Å². The Labute approximate surface area is 422 Å². The number of esters is 3. The molecule has 0 fully saturated rings. The first-order chi connectivity index (χ1) is 34.0. The van der Waals surface area contributed by atoms with Gasteiger partial charge in [0.25, 0.3) is 0 Å². The Morgan fingerprint density at radius 1 is 0.304 bits per heavy atom. The third kappa shape index (κ3) is 53.8. The predicted molar refractivity (Wildman–Crippen MR) is 297 cm³/mol. The summed E-state index contributed by atoms with van der Waals surface area (Å²) in [4.78, 5) is 38.1. The number of ether oxygens (including phenoxy) is 3. The molecule has 0 rings (SSSR count). The number of hydrogen-bond acceptors (Lipinski definition) is 6. The minimum Gasteiger partial charge on any atom is -0.462 e. The van der Waals surface area contributed by atoms with Gasteiger partial charge < -0.3 is 14.2 Å². The fraction of sp³-hybridized carbons (Fsp3) is 0.540. The fourth-order valence-electron chi connectivity index (χ4n) is 6.69. The molecule has 0 spiro atoms. The number of unbranched alkanes of at least 4 members (excludes halogenated alkanes) is 13. The maximum absolute atomic E-state index is 12.8. The Morgan fingerprint density at radius 2 is 0.609 bits per heavy atom. The van der Waals surface area contributed by atoms with Crippen LogP contribution in [-0.2, 0) is 28.6 Å². The van der Waals surface area contributed by atoms with E-state index in [9.17, 15) is 14.4 Å². The zero-order chi connectivity index (χ0) is 50.0. The van der Waals surface area contributed by atoms with E-state index in [1.165, 1.54) is 38.5 Å². The average Bonchev–Trinajstić information content (AvgIpc) is 3.35. The van der Waals surface area contributed by atoms with Crippen molar-refractivity contribution in [2.75, 3.05) is 13.2 Å². The molecule has 0 aromatic carbocycles. The Balaban J connectivity index is 4.57. The highest BCUT2D eigenvalue weighted by molar-refractivity contribution is 5.71. The second-order valence-electron chi connectivity index (χ2n) is 17.1. The van der Waals surface area contributed by atoms with Gasteiger partial charge in [-0.2, -0.15) is 0 Å². The summed E-state index contributed by atoms with van der Waals surface area (Å²) in [5, 5.41) is 0. The van der Waals surface area contributed by atoms with E-state index in [0.717, 1.165) is 109 Å². The van der Waals surface area contributed by atoms with Crippen LogP contribution in [0, 0.1) is 0 Å². The highest BCUT2D eigenvalue weighted by Crippen LogP contribution is 2.13. The van der Waals surface area contributed by atoms with Crippen LogP contribution in [0.3, 0.4) is 0 Å². The molecular formula is C63H96O6. The van der Waals surface area contributed by atoms with Gasteiger partial charge in [0.2, 0.25) is 0 Å². The number of allylic oxidation sites excluding steroid dienone is 26. The van der Waals surface area contributed by atoms with Crippen molar-refractivity contribution in [3.63, 3.8) is 0 Å². The average molecular weight is 949 g/mol. The molecule has 6 heteroatoms. The van der Waals surface area contributed by atoms with Crippen LogP contribution in [0.5, 0.6) is 0 Å². The molecule has 0 saturated carbocycles. The van der Waals surface area contributed by atoms with Crippen LogP contribution in [0.1, 0.15) is 201 Å². The standard InChI is InChI=1S/C63H96O6/c1-4-7-10-13-16-19-22-25-28-30-31-33-35-38-41-44-47-50-53-56-62(65)68-59-60(58-67-61(64)55-52-49-46-43-40-37-34-27-24-21-18-15-12-9-6-3)69-63(66)57-54-51-48-45-42-39-36-32-29-26-23-20-17-14-11-8-5-2/h7-12,15-21,24-29,34,36-37,39-40,45,48,60H,4-6,13-14,22-23,30-33,35,38,41-44,46-47,49-59H2,1-3H3/b10-7-,11-8-,12-9-,18-15-,19-16-,20-17-,24-21-,28-25-,29-26-,34-27-,39-36-,40-37-,48-45-. The zero-order valence-corrected chi connectivity index (χ0v) is 43.8. The molecule has 0 aliphatic rings. The number of carbonyl (C=O) groups excluding carboxylic acids is 3. The van der Waals surface area contributed by atoms with Gasteiger partial charge in [-0.3, -0.25) is 14.4 Å². The summed E-state index contributed by atoms with van der Waals surface area (Å²) >= 11 is 0. The van der Waals surface area contributed by atoms with Gasteiger partial charge in [0.1, 0.15) is 13.2 Å². The van der Waals surface area contributed by atoms with Gasteiger partial charge in [-0.15, -0.1) is 0 Å². The van der Waals surface area contributed by atoms with Crippen molar-refractivity contribution in [1.29, 1.82) is 0 Å². The second-order valence-corrected chi connectivity index (χ2v) is 17.1. The van der Waals surface area contributed by atoms with E-state index in [0.29, 0.717) is 19.3 Å². The summed E-state index contributed by atoms with van der Waals surface area (Å²) in [5.41, 5.74) is 0. The van der Waals surface area contributed by atoms with Crippen molar-refractivity contribution in [2.45, 2.75) is 207 Å². The van der Waals surface area contributed by atoms with E-state index >= 15 is 0 Å². The Bertz CT molecular complexity index is 1610. The minimum absolute atomic E-state index is 0.125. The first-order valence-electron chi connectivity index (χ1n) is 27.1. The molecule has 6 nitrogen and oxygen atoms in total. The summed E-state index contributed by atoms with van der Waals surface area (Å²) in [6.07, 6.45) is 80.9. The van der Waals surface area contributed by atoms with E-state index in [4.69, 9.17) is 14.2 Å². The van der Waals surface area contributed by atoms with Crippen molar-refractivity contribution in [3.8, 4) is 0 Å². The van der Waals surface area contributed by atoms with Crippen LogP contribution >= 0.6 is 0 Å². The number of hydrogen-bond donors (Lipinski definition) is 0. The predicted octanol–water partition coefficient (Wildman–Crippen LogP) is 18.2. The van der Waals surface area contributed by atoms with Gasteiger partial charge in [-0.05, 0) is 109 Å². The zero-order valence-electron chi connectivity index (χ0n) is 43.8. The SMILES string of the molecule is CC\C=C/C=C\C=C/C=C\C=C/CCCCCC(=O)OCC(COC(=O)CCCCCCCCCCC/C=C\C/C=C\C/C=C\CC)OC(=O)CCC/C=C\C/C=C\C/C=C\C/C=C\C/C=C\CC. The van der Waals surface area contributed by atoms with Crippen molar-refractivity contribution in [2.24, 2.45) is 0 Å². The summed E-state index contributed by atoms with van der Waals surface area (Å²) < 4.78 is 16.7. The lowest BCUT2D eigenvalue weighted by atomic mass is 10.1. The summed E-state index contributed by atoms with van der Waals surface area (Å²) in [6, 6.07) is 0. The molecule has 0 aromatic rings. The third-order valence-corrected chi connectivity index (χ3v) is 10.6. The third-order valence-electron chi connectivity index (χ3n) is 10.6. The van der Waals surface area contributed by atoms with Crippen LogP contribution in [0.4, 0.5) is 0 Å². The van der Waals surface area contributed by atoms with Gasteiger partial charge in [-0.25, -0.2) is 0 Å². The molecule has 0 heterocycles. The van der Waals surface area contributed by atoms with E-state index in [1.807, 2.05) is 48.6 Å². The lowest BCUT2D eigenvalue weighted by Gasteiger charge is -2.18. The molecule has 1 atom stereocenters. The van der Waals surface area contributed by atoms with Crippen LogP contribution in [0.15, 0.2) is 158 Å². The van der Waals surface area contributed by atoms with Crippen LogP contribution in [0.2, 0.25) is 0 Å². The van der Waals surface area contributed by atoms with Crippen LogP contribution in [0.25, 0.3) is 0 Å². The smallest absolute Gasteiger partial charge is 0.306 e. The molecule has 1 unspecified atom stereocenters. The highest BCUT2D eigenvalue weighted by atomic mass is 16.6. The summed E-state index contributed by atoms with van der Waals surface area (Å²) in [5.74, 6) is -1.04. The van der Waals surface area contributed by atoms with Gasteiger partial charge in [0.15, 0.2) is 6.10 Å². The van der Waals surface area contributed by atoms with E-state index in [1.54, 1.807) is 0 Å². The van der Waals surface area contributed by atoms with E-state index in [-0.39, 0.29) is 44.0 Å². The maximum Gasteiger partial charge on any atom is 0.306 e. The molecule has 0 bridgehead atoms. The van der Waals surface area contributed by atoms with Crippen molar-refractivity contribution in [3.05, 3.63) is 158 Å². The molecule has 0 radical (unpaired) electrons. The van der Waals surface area contributed by atoms with E-state index in [2.05, 4.69) is 130 Å². The molecule has 0 aliphatic carbocycles. The Morgan fingerprint density at radius 3 is 1.04 bits per heavy atom. The quantitative estimate of drug-likeness (QED) is 0.0199. The maximum atomic E-state index is 12.8.